The highest BCUT2D eigenvalue weighted by atomic mass is 16.3. The molecular formula is C92H86BN5O. The van der Waals surface area contributed by atoms with E-state index in [4.69, 9.17) is 4.42 Å². The molecule has 0 saturated carbocycles. The summed E-state index contributed by atoms with van der Waals surface area (Å²) in [6.07, 6.45) is 0. The fraction of sp³-hybridized carbons (Fsp3) is 0.217. The molecule has 3 aliphatic heterocycles. The van der Waals surface area contributed by atoms with Crippen molar-refractivity contribution < 1.29 is 4.42 Å². The Morgan fingerprint density at radius 3 is 1.42 bits per heavy atom. The third kappa shape index (κ3) is 10.0. The van der Waals surface area contributed by atoms with Gasteiger partial charge in [-0.2, -0.15) is 0 Å². The first-order valence-electron chi connectivity index (χ1n) is 35.4. The lowest BCUT2D eigenvalue weighted by Crippen LogP contribution is -2.62. The molecule has 0 spiro atoms. The predicted octanol–water partition coefficient (Wildman–Crippen LogP) is 24.2. The first-order chi connectivity index (χ1) is 47.3. The van der Waals surface area contributed by atoms with E-state index in [2.05, 4.69) is 377 Å². The summed E-state index contributed by atoms with van der Waals surface area (Å²) in [4.78, 5) is 10.3. The van der Waals surface area contributed by atoms with Crippen molar-refractivity contribution in [2.75, 3.05) is 19.6 Å². The maximum atomic E-state index is 6.53. The van der Waals surface area contributed by atoms with E-state index in [9.17, 15) is 0 Å². The quantitative estimate of drug-likeness (QED) is 0.142. The van der Waals surface area contributed by atoms with Crippen LogP contribution in [-0.2, 0) is 27.1 Å². The fourth-order valence-electron chi connectivity index (χ4n) is 16.0. The lowest BCUT2D eigenvalue weighted by molar-refractivity contribution is 0.590. The molecule has 0 N–H and O–H groups in total. The largest absolute Gasteiger partial charge is 0.456 e. The molecule has 6 nitrogen and oxygen atoms in total. The zero-order chi connectivity index (χ0) is 68.6. The molecule has 0 aliphatic carbocycles. The normalized spacial score (nSPS) is 13.5. The van der Waals surface area contributed by atoms with Crippen molar-refractivity contribution in [2.45, 2.75) is 131 Å². The van der Waals surface area contributed by atoms with Crippen LogP contribution in [0.5, 0.6) is 0 Å². The second-order valence-corrected chi connectivity index (χ2v) is 33.1. The summed E-state index contributed by atoms with van der Waals surface area (Å²) in [5, 5.41) is 4.80. The summed E-state index contributed by atoms with van der Waals surface area (Å²) in [5.74, 6) is 0. The minimum absolute atomic E-state index is 0.0215. The Hall–Kier alpha value is -10.5. The van der Waals surface area contributed by atoms with Gasteiger partial charge < -0.3 is 28.6 Å². The van der Waals surface area contributed by atoms with Crippen LogP contribution in [0.15, 0.2) is 253 Å². The first-order valence-corrected chi connectivity index (χ1v) is 35.4. The summed E-state index contributed by atoms with van der Waals surface area (Å²) in [6.45, 7) is 34.9. The molecule has 7 heteroatoms. The second kappa shape index (κ2) is 22.0. The second-order valence-electron chi connectivity index (χ2n) is 33.1. The van der Waals surface area contributed by atoms with Gasteiger partial charge in [-0.1, -0.05) is 225 Å². The number of para-hydroxylation sites is 3. The predicted molar refractivity (Wildman–Crippen MR) is 424 cm³/mol. The Balaban J connectivity index is 1.01. The molecule has 0 unspecified atom stereocenters. The zero-order valence-corrected chi connectivity index (χ0v) is 59.9. The number of fused-ring (bicyclic) bond motifs is 12. The highest BCUT2D eigenvalue weighted by Crippen LogP contribution is 2.57. The Kier molecular flexibility index (Phi) is 13.8. The number of nitrogens with zero attached hydrogens (tertiary/aromatic N) is 5. The molecular weight excluding hydrogens is 1200 g/mol. The minimum atomic E-state index is -0.208. The van der Waals surface area contributed by atoms with Crippen LogP contribution in [0, 0.1) is 0 Å². The van der Waals surface area contributed by atoms with Gasteiger partial charge in [-0.3, -0.25) is 0 Å². The Labute approximate surface area is 584 Å². The van der Waals surface area contributed by atoms with Gasteiger partial charge in [-0.15, -0.1) is 0 Å². The van der Waals surface area contributed by atoms with E-state index >= 15 is 0 Å². The molecule has 0 fully saturated rings. The summed E-state index contributed by atoms with van der Waals surface area (Å²) in [6, 6.07) is 94.7. The third-order valence-electron chi connectivity index (χ3n) is 21.4. The Bertz CT molecular complexity index is 5470. The van der Waals surface area contributed by atoms with E-state index in [1.807, 2.05) is 0 Å². The van der Waals surface area contributed by atoms with E-state index in [-0.39, 0.29) is 33.8 Å². The fourth-order valence-corrected chi connectivity index (χ4v) is 16.0. The number of anilines is 12. The lowest BCUT2D eigenvalue weighted by Gasteiger charge is -2.47. The molecule has 12 aromatic carbocycles. The van der Waals surface area contributed by atoms with Gasteiger partial charge in [-0.05, 0) is 210 Å². The van der Waals surface area contributed by atoms with Gasteiger partial charge in [0.2, 0.25) is 0 Å². The van der Waals surface area contributed by atoms with E-state index in [0.717, 1.165) is 89.9 Å². The van der Waals surface area contributed by atoms with E-state index in [1.54, 1.807) is 0 Å². The maximum absolute atomic E-state index is 6.53. The van der Waals surface area contributed by atoms with Crippen LogP contribution in [0.2, 0.25) is 0 Å². The molecule has 5 heterocycles. The van der Waals surface area contributed by atoms with E-state index < -0.39 is 0 Å². The molecule has 0 bridgehead atoms. The molecule has 0 amide bonds. The Morgan fingerprint density at radius 2 is 0.818 bits per heavy atom. The molecule has 0 atom stereocenters. The molecule has 0 radical (unpaired) electrons. The van der Waals surface area contributed by atoms with Crippen molar-refractivity contribution in [1.82, 2.24) is 4.57 Å². The molecule has 14 aromatic rings. The maximum Gasteiger partial charge on any atom is 0.252 e. The standard InChI is InChI=1S/C92H86BN5O/c1-88(2,3)58-35-42-65(43-36-58)94(66-44-37-59(38-45-66)89(4,5)6)68-46-47-74-77(54-68)96(67-40-33-57(34-41-67)70-30-24-32-83-84(70)71-29-22-23-31-82(71)99-83)78-55-69(95(63-25-18-16-19-26-63)64-27-20-17-21-28-64)56-79-85(78)93(74)75-51-62(92(13,14)15)53-81-87(75)98(79)80-52-61(91(10,11)12)50-73-72-49-60(90(7,8)9)39-48-76(72)97(81)86(73)80/h16-56H,1-15H3. The molecule has 0 saturated heterocycles. The van der Waals surface area contributed by atoms with Gasteiger partial charge in [-0.25, -0.2) is 0 Å². The highest BCUT2D eigenvalue weighted by molar-refractivity contribution is 7.00. The van der Waals surface area contributed by atoms with Crippen molar-refractivity contribution in [2.24, 2.45) is 0 Å². The third-order valence-corrected chi connectivity index (χ3v) is 21.4. The zero-order valence-electron chi connectivity index (χ0n) is 59.9. The molecule has 488 valence electrons. The molecule has 17 rings (SSSR count). The monoisotopic (exact) mass is 1290 g/mol. The van der Waals surface area contributed by atoms with Crippen LogP contribution in [0.25, 0.3) is 60.6 Å². The van der Waals surface area contributed by atoms with Crippen LogP contribution in [0.3, 0.4) is 0 Å². The van der Waals surface area contributed by atoms with Crippen LogP contribution in [0.1, 0.15) is 132 Å². The summed E-state index contributed by atoms with van der Waals surface area (Å²) in [7, 11) is 0. The summed E-state index contributed by atoms with van der Waals surface area (Å²) >= 11 is 0. The highest BCUT2D eigenvalue weighted by Gasteiger charge is 2.48. The summed E-state index contributed by atoms with van der Waals surface area (Å²) < 4.78 is 9.18. The number of aromatic nitrogens is 1. The van der Waals surface area contributed by atoms with Gasteiger partial charge in [0.15, 0.2) is 0 Å². The number of hydrogen-bond acceptors (Lipinski definition) is 5. The van der Waals surface area contributed by atoms with Gasteiger partial charge in [0, 0.05) is 72.7 Å². The number of furan rings is 1. The van der Waals surface area contributed by atoms with Crippen molar-refractivity contribution in [3.05, 3.63) is 277 Å². The van der Waals surface area contributed by atoms with Crippen LogP contribution < -0.4 is 36.0 Å². The van der Waals surface area contributed by atoms with Crippen LogP contribution in [-0.4, -0.2) is 11.3 Å². The number of rotatable bonds is 8. The number of benzene rings is 12. The lowest BCUT2D eigenvalue weighted by atomic mass is 9.33. The topological polar surface area (TPSA) is 31.0 Å². The number of hydrogen-bond donors (Lipinski definition) is 0. The van der Waals surface area contributed by atoms with Crippen molar-refractivity contribution in [3.63, 3.8) is 0 Å². The molecule has 99 heavy (non-hydrogen) atoms. The Morgan fingerprint density at radius 1 is 0.323 bits per heavy atom. The first kappa shape index (κ1) is 62.1. The smallest absolute Gasteiger partial charge is 0.252 e. The minimum Gasteiger partial charge on any atom is -0.456 e. The van der Waals surface area contributed by atoms with Gasteiger partial charge >= 0.3 is 0 Å². The van der Waals surface area contributed by atoms with Crippen LogP contribution in [0.4, 0.5) is 68.2 Å². The van der Waals surface area contributed by atoms with Crippen molar-refractivity contribution >= 4 is 135 Å². The van der Waals surface area contributed by atoms with Gasteiger partial charge in [0.1, 0.15) is 11.2 Å². The van der Waals surface area contributed by atoms with Gasteiger partial charge in [0.25, 0.3) is 6.71 Å². The average molecular weight is 1290 g/mol. The molecule has 2 aromatic heterocycles. The van der Waals surface area contributed by atoms with Gasteiger partial charge in [0.05, 0.1) is 33.8 Å². The van der Waals surface area contributed by atoms with Crippen molar-refractivity contribution in [3.8, 4) is 16.8 Å². The SMILES string of the molecule is CC(C)(C)c1ccc(N(c2ccc(C(C)(C)C)cc2)c2ccc3c(c2)N(c2ccc(-c4cccc5oc6ccccc6c45)cc2)c2cc(N(c4ccccc4)c4ccccc4)cc4c2B3c2cc(C(C)(C)C)cc3c2N4c2cc(C(C)(C)C)cc4c5cc(C(C)(C)C)ccc5n-3c24)cc1. The summed E-state index contributed by atoms with van der Waals surface area (Å²) in [5.41, 5.74) is 30.9. The van der Waals surface area contributed by atoms with E-state index in [0.29, 0.717) is 0 Å². The van der Waals surface area contributed by atoms with E-state index in [1.165, 1.54) is 83.1 Å². The van der Waals surface area contributed by atoms with Crippen LogP contribution >= 0.6 is 0 Å². The average Bonchev–Trinajstić information content (AvgIpc) is 1.66. The van der Waals surface area contributed by atoms with Crippen molar-refractivity contribution in [1.29, 1.82) is 0 Å². The molecule has 3 aliphatic rings.